The summed E-state index contributed by atoms with van der Waals surface area (Å²) >= 11 is 0. The Balaban J connectivity index is 1.59. The molecule has 1 heterocycles. The number of aliphatic carboxylic acids is 1. The zero-order valence-electron chi connectivity index (χ0n) is 16.0. The van der Waals surface area contributed by atoms with E-state index in [1.54, 1.807) is 24.3 Å². The van der Waals surface area contributed by atoms with Crippen molar-refractivity contribution >= 4 is 18.0 Å². The first-order valence-corrected chi connectivity index (χ1v) is 9.57. The maximum atomic E-state index is 12.7. The Morgan fingerprint density at radius 3 is 2.28 bits per heavy atom. The van der Waals surface area contributed by atoms with E-state index in [1.807, 2.05) is 36.4 Å². The molecular weight excluding hydrogens is 372 g/mol. The molecule has 3 rings (SSSR count). The first kappa shape index (κ1) is 20.4. The third-order valence-corrected chi connectivity index (χ3v) is 4.88. The largest absolute Gasteiger partial charge is 0.548 e. The second kappa shape index (κ2) is 9.73. The molecule has 0 bridgehead atoms. The lowest BCUT2D eigenvalue weighted by Crippen LogP contribution is -2.54. The van der Waals surface area contributed by atoms with E-state index in [4.69, 9.17) is 4.74 Å². The van der Waals surface area contributed by atoms with Gasteiger partial charge in [-0.3, -0.25) is 9.69 Å². The molecule has 1 aliphatic rings. The van der Waals surface area contributed by atoms with Crippen molar-refractivity contribution in [2.45, 2.75) is 38.0 Å². The van der Waals surface area contributed by atoms with Gasteiger partial charge < -0.3 is 20.0 Å². The quantitative estimate of drug-likeness (QED) is 0.761. The molecule has 0 aliphatic carbocycles. The molecule has 7 nitrogen and oxygen atoms in total. The van der Waals surface area contributed by atoms with Gasteiger partial charge in [0.2, 0.25) is 5.91 Å². The SMILES string of the molecule is O=C([O-])[C@H](Cc1ccccc1)NC(=O)[C@@H]1CCCN1C(=O)OCc1ccccc1. The predicted molar refractivity (Wildman–Crippen MR) is 103 cm³/mol. The van der Waals surface area contributed by atoms with Gasteiger partial charge in [0, 0.05) is 6.54 Å². The minimum Gasteiger partial charge on any atom is -0.548 e. The Hall–Kier alpha value is -3.35. The van der Waals surface area contributed by atoms with Crippen LogP contribution in [0.4, 0.5) is 4.79 Å². The minimum atomic E-state index is -1.36. The van der Waals surface area contributed by atoms with Crippen LogP contribution in [0.2, 0.25) is 0 Å². The minimum absolute atomic E-state index is 0.111. The molecule has 2 amide bonds. The number of likely N-dealkylation sites (tertiary alicyclic amines) is 1. The molecule has 1 N–H and O–H groups in total. The number of ether oxygens (including phenoxy) is 1. The lowest BCUT2D eigenvalue weighted by Gasteiger charge is -2.26. The number of carboxylic acid groups (broad SMARTS) is 1. The van der Waals surface area contributed by atoms with Gasteiger partial charge in [-0.1, -0.05) is 60.7 Å². The molecule has 0 unspecified atom stereocenters. The van der Waals surface area contributed by atoms with Gasteiger partial charge >= 0.3 is 6.09 Å². The topological polar surface area (TPSA) is 98.8 Å². The van der Waals surface area contributed by atoms with Crippen LogP contribution in [-0.4, -0.2) is 41.5 Å². The third-order valence-electron chi connectivity index (χ3n) is 4.88. The van der Waals surface area contributed by atoms with Crippen molar-refractivity contribution < 1.29 is 24.2 Å². The van der Waals surface area contributed by atoms with E-state index < -0.39 is 30.1 Å². The third kappa shape index (κ3) is 5.57. The summed E-state index contributed by atoms with van der Waals surface area (Å²) in [7, 11) is 0. The molecule has 1 aliphatic heterocycles. The highest BCUT2D eigenvalue weighted by Crippen LogP contribution is 2.19. The maximum absolute atomic E-state index is 12.7. The summed E-state index contributed by atoms with van der Waals surface area (Å²) in [5.74, 6) is -1.87. The monoisotopic (exact) mass is 395 g/mol. The number of rotatable bonds is 7. The average Bonchev–Trinajstić information content (AvgIpc) is 3.23. The lowest BCUT2D eigenvalue weighted by atomic mass is 10.1. The van der Waals surface area contributed by atoms with Gasteiger partial charge in [0.25, 0.3) is 0 Å². The van der Waals surface area contributed by atoms with Crippen LogP contribution in [0.25, 0.3) is 0 Å². The Morgan fingerprint density at radius 1 is 1.03 bits per heavy atom. The van der Waals surface area contributed by atoms with Crippen LogP contribution >= 0.6 is 0 Å². The fraction of sp³-hybridized carbons (Fsp3) is 0.318. The number of nitrogens with one attached hydrogen (secondary N) is 1. The molecule has 2 aromatic carbocycles. The van der Waals surface area contributed by atoms with E-state index in [2.05, 4.69) is 5.32 Å². The van der Waals surface area contributed by atoms with Crippen LogP contribution in [0.1, 0.15) is 24.0 Å². The molecule has 0 saturated carbocycles. The predicted octanol–water partition coefficient (Wildman–Crippen LogP) is 1.26. The van der Waals surface area contributed by atoms with Gasteiger partial charge in [-0.2, -0.15) is 0 Å². The van der Waals surface area contributed by atoms with Crippen molar-refractivity contribution in [2.24, 2.45) is 0 Å². The Bertz CT molecular complexity index is 841. The molecule has 2 atom stereocenters. The van der Waals surface area contributed by atoms with Crippen molar-refractivity contribution in [3.8, 4) is 0 Å². The van der Waals surface area contributed by atoms with Crippen LogP contribution in [0.5, 0.6) is 0 Å². The fourth-order valence-corrected chi connectivity index (χ4v) is 3.37. The van der Waals surface area contributed by atoms with Crippen molar-refractivity contribution in [1.82, 2.24) is 10.2 Å². The number of carboxylic acids is 1. The van der Waals surface area contributed by atoms with Crippen molar-refractivity contribution in [3.63, 3.8) is 0 Å². The number of carbonyl (C=O) groups is 3. The van der Waals surface area contributed by atoms with Gasteiger partial charge in [0.15, 0.2) is 0 Å². The summed E-state index contributed by atoms with van der Waals surface area (Å²) < 4.78 is 5.32. The van der Waals surface area contributed by atoms with Crippen molar-refractivity contribution in [2.75, 3.05) is 6.54 Å². The van der Waals surface area contributed by atoms with Crippen LogP contribution in [0.15, 0.2) is 60.7 Å². The molecule has 2 aromatic rings. The molecule has 0 aromatic heterocycles. The second-order valence-corrected chi connectivity index (χ2v) is 6.96. The van der Waals surface area contributed by atoms with E-state index in [-0.39, 0.29) is 13.0 Å². The number of benzene rings is 2. The summed E-state index contributed by atoms with van der Waals surface area (Å²) in [6.45, 7) is 0.501. The molecule has 1 saturated heterocycles. The van der Waals surface area contributed by atoms with Crippen molar-refractivity contribution in [1.29, 1.82) is 0 Å². The second-order valence-electron chi connectivity index (χ2n) is 6.96. The summed E-state index contributed by atoms with van der Waals surface area (Å²) in [5, 5.41) is 14.0. The van der Waals surface area contributed by atoms with Crippen LogP contribution in [-0.2, 0) is 27.4 Å². The van der Waals surface area contributed by atoms with E-state index in [0.717, 1.165) is 11.1 Å². The highest BCUT2D eigenvalue weighted by molar-refractivity contribution is 5.89. The fourth-order valence-electron chi connectivity index (χ4n) is 3.37. The zero-order chi connectivity index (χ0) is 20.6. The number of nitrogens with zero attached hydrogens (tertiary/aromatic N) is 1. The van der Waals surface area contributed by atoms with E-state index in [9.17, 15) is 19.5 Å². The first-order chi connectivity index (χ1) is 14.0. The highest BCUT2D eigenvalue weighted by atomic mass is 16.6. The summed E-state index contributed by atoms with van der Waals surface area (Å²) in [6.07, 6.45) is 0.629. The van der Waals surface area contributed by atoms with E-state index in [1.165, 1.54) is 4.90 Å². The lowest BCUT2D eigenvalue weighted by molar-refractivity contribution is -0.308. The van der Waals surface area contributed by atoms with Crippen molar-refractivity contribution in [3.05, 3.63) is 71.8 Å². The van der Waals surface area contributed by atoms with Crippen LogP contribution < -0.4 is 10.4 Å². The standard InChI is InChI=1S/C22H24N2O5/c25-20(23-18(21(26)27)14-16-8-3-1-4-9-16)19-12-7-13-24(19)22(28)29-15-17-10-5-2-6-11-17/h1-6,8-11,18-19H,7,12-15H2,(H,23,25)(H,26,27)/p-1/t18-,19-/m0/s1. The van der Waals surface area contributed by atoms with Gasteiger partial charge in [-0.15, -0.1) is 0 Å². The summed E-state index contributed by atoms with van der Waals surface area (Å²) in [5.41, 5.74) is 1.62. The maximum Gasteiger partial charge on any atom is 0.410 e. The molecular formula is C22H23N2O5-. The number of hydrogen-bond donors (Lipinski definition) is 1. The Labute approximate surface area is 169 Å². The molecule has 0 spiro atoms. The summed E-state index contributed by atoms with van der Waals surface area (Å²) in [4.78, 5) is 38.0. The smallest absolute Gasteiger partial charge is 0.410 e. The highest BCUT2D eigenvalue weighted by Gasteiger charge is 2.36. The molecule has 29 heavy (non-hydrogen) atoms. The number of carbonyl (C=O) groups excluding carboxylic acids is 3. The van der Waals surface area contributed by atoms with Gasteiger partial charge in [0.1, 0.15) is 12.6 Å². The zero-order valence-corrected chi connectivity index (χ0v) is 16.0. The number of hydrogen-bond acceptors (Lipinski definition) is 5. The average molecular weight is 395 g/mol. The molecule has 1 fully saturated rings. The van der Waals surface area contributed by atoms with Crippen LogP contribution in [0.3, 0.4) is 0 Å². The number of amides is 2. The first-order valence-electron chi connectivity index (χ1n) is 9.57. The molecule has 0 radical (unpaired) electrons. The molecule has 7 heteroatoms. The van der Waals surface area contributed by atoms with E-state index >= 15 is 0 Å². The molecule has 152 valence electrons. The Kier molecular flexibility index (Phi) is 6.84. The Morgan fingerprint density at radius 2 is 1.66 bits per heavy atom. The van der Waals surface area contributed by atoms with Gasteiger partial charge in [-0.25, -0.2) is 4.79 Å². The van der Waals surface area contributed by atoms with Gasteiger partial charge in [0.05, 0.1) is 12.0 Å². The van der Waals surface area contributed by atoms with Gasteiger partial charge in [-0.05, 0) is 30.4 Å². The van der Waals surface area contributed by atoms with Crippen LogP contribution in [0, 0.1) is 0 Å². The van der Waals surface area contributed by atoms with E-state index in [0.29, 0.717) is 19.4 Å². The normalized spacial score (nSPS) is 16.8. The summed E-state index contributed by atoms with van der Waals surface area (Å²) in [6, 6.07) is 16.3.